The van der Waals surface area contributed by atoms with Crippen LogP contribution in [0.2, 0.25) is 0 Å². The van der Waals surface area contributed by atoms with Crippen LogP contribution in [-0.2, 0) is 0 Å². The predicted octanol–water partition coefficient (Wildman–Crippen LogP) is 4.86. The molecule has 6 rings (SSSR count). The van der Waals surface area contributed by atoms with Crippen molar-refractivity contribution in [1.29, 1.82) is 0 Å². The molecule has 2 aromatic carbocycles. The predicted molar refractivity (Wildman–Crippen MR) is 86.3 cm³/mol. The zero-order valence-corrected chi connectivity index (χ0v) is 12.4. The van der Waals surface area contributed by atoms with Crippen LogP contribution in [0.25, 0.3) is 5.57 Å². The van der Waals surface area contributed by atoms with E-state index in [0.717, 1.165) is 17.9 Å². The topological polar surface area (TPSA) is 18.5 Å². The minimum Gasteiger partial charge on any atom is -0.454 e. The first-order chi connectivity index (χ1) is 10.9. The van der Waals surface area contributed by atoms with Crippen LogP contribution in [0, 0.1) is 0 Å². The molecule has 3 aliphatic carbocycles. The van der Waals surface area contributed by atoms with Gasteiger partial charge in [0, 0.05) is 5.92 Å². The van der Waals surface area contributed by atoms with Gasteiger partial charge in [-0.25, -0.2) is 0 Å². The van der Waals surface area contributed by atoms with Gasteiger partial charge in [0.15, 0.2) is 11.5 Å². The van der Waals surface area contributed by atoms with Crippen molar-refractivity contribution in [2.24, 2.45) is 0 Å². The number of rotatable bonds is 1. The molecule has 2 atom stereocenters. The molecule has 2 bridgehead atoms. The van der Waals surface area contributed by atoms with Crippen molar-refractivity contribution in [2.75, 3.05) is 6.79 Å². The van der Waals surface area contributed by atoms with Crippen molar-refractivity contribution < 1.29 is 9.47 Å². The molecule has 0 amide bonds. The van der Waals surface area contributed by atoms with Crippen molar-refractivity contribution in [3.8, 4) is 11.5 Å². The smallest absolute Gasteiger partial charge is 0.231 e. The van der Waals surface area contributed by atoms with Gasteiger partial charge in [0.05, 0.1) is 0 Å². The Morgan fingerprint density at radius 1 is 0.864 bits per heavy atom. The second-order valence-electron chi connectivity index (χ2n) is 6.48. The highest BCUT2D eigenvalue weighted by Gasteiger charge is 2.33. The first-order valence-corrected chi connectivity index (χ1v) is 8.08. The molecule has 0 fully saturated rings. The fourth-order valence-electron chi connectivity index (χ4n) is 4.17. The fraction of sp³-hybridized carbons (Fsp3) is 0.300. The number of hydrogen-bond acceptors (Lipinski definition) is 2. The highest BCUT2D eigenvalue weighted by atomic mass is 16.7. The van der Waals surface area contributed by atoms with Crippen LogP contribution in [0.3, 0.4) is 0 Å². The van der Waals surface area contributed by atoms with Crippen LogP contribution in [0.1, 0.15) is 47.8 Å². The zero-order valence-electron chi connectivity index (χ0n) is 12.4. The Morgan fingerprint density at radius 3 is 2.45 bits per heavy atom. The van der Waals surface area contributed by atoms with Crippen LogP contribution in [0.15, 0.2) is 48.5 Å². The molecule has 0 saturated carbocycles. The second-order valence-corrected chi connectivity index (χ2v) is 6.48. The van der Waals surface area contributed by atoms with E-state index in [4.69, 9.17) is 9.47 Å². The molecule has 2 nitrogen and oxygen atoms in total. The number of fused-ring (bicyclic) bond motifs is 3. The molecule has 0 spiro atoms. The van der Waals surface area contributed by atoms with E-state index in [1.165, 1.54) is 35.1 Å². The molecule has 22 heavy (non-hydrogen) atoms. The van der Waals surface area contributed by atoms with Gasteiger partial charge < -0.3 is 9.47 Å². The highest BCUT2D eigenvalue weighted by molar-refractivity contribution is 5.70. The summed E-state index contributed by atoms with van der Waals surface area (Å²) >= 11 is 0. The van der Waals surface area contributed by atoms with Crippen molar-refractivity contribution >= 4 is 5.57 Å². The molecule has 110 valence electrons. The van der Waals surface area contributed by atoms with Gasteiger partial charge in [0.2, 0.25) is 6.79 Å². The third-order valence-corrected chi connectivity index (χ3v) is 5.26. The monoisotopic (exact) mass is 290 g/mol. The second kappa shape index (κ2) is 4.64. The van der Waals surface area contributed by atoms with E-state index in [9.17, 15) is 0 Å². The van der Waals surface area contributed by atoms with Gasteiger partial charge in [0.1, 0.15) is 0 Å². The first kappa shape index (κ1) is 12.3. The molecule has 1 aliphatic heterocycles. The number of ether oxygens (including phenoxy) is 2. The summed E-state index contributed by atoms with van der Waals surface area (Å²) in [6.07, 6.45) is 6.13. The summed E-state index contributed by atoms with van der Waals surface area (Å²) in [6.45, 7) is 0.360. The highest BCUT2D eigenvalue weighted by Crippen LogP contribution is 2.51. The van der Waals surface area contributed by atoms with Gasteiger partial charge >= 0.3 is 0 Å². The van der Waals surface area contributed by atoms with E-state index < -0.39 is 0 Å². The van der Waals surface area contributed by atoms with Gasteiger partial charge in [-0.1, -0.05) is 36.4 Å². The van der Waals surface area contributed by atoms with E-state index in [2.05, 4.69) is 48.5 Å². The van der Waals surface area contributed by atoms with Crippen LogP contribution in [0.5, 0.6) is 11.5 Å². The van der Waals surface area contributed by atoms with Crippen molar-refractivity contribution in [1.82, 2.24) is 0 Å². The summed E-state index contributed by atoms with van der Waals surface area (Å²) in [4.78, 5) is 0. The SMILES string of the molecule is C1=C(c2ccccc2)CC2CCC1c1cc3c(cc12)OCO3. The van der Waals surface area contributed by atoms with E-state index in [0.29, 0.717) is 18.6 Å². The van der Waals surface area contributed by atoms with Gasteiger partial charge in [-0.05, 0) is 59.6 Å². The normalized spacial score (nSPS) is 24.6. The molecule has 1 heterocycles. The summed E-state index contributed by atoms with van der Waals surface area (Å²) in [7, 11) is 0. The largest absolute Gasteiger partial charge is 0.454 e. The summed E-state index contributed by atoms with van der Waals surface area (Å²) in [6, 6.07) is 15.3. The van der Waals surface area contributed by atoms with Gasteiger partial charge in [0.25, 0.3) is 0 Å². The summed E-state index contributed by atoms with van der Waals surface area (Å²) in [5, 5.41) is 0. The average molecular weight is 290 g/mol. The molecule has 4 aliphatic rings. The Bertz CT molecular complexity index is 761. The lowest BCUT2D eigenvalue weighted by Gasteiger charge is -2.27. The molecule has 0 aromatic heterocycles. The summed E-state index contributed by atoms with van der Waals surface area (Å²) < 4.78 is 11.2. The Hall–Kier alpha value is -2.22. The molecular formula is C20H18O2. The van der Waals surface area contributed by atoms with Crippen LogP contribution >= 0.6 is 0 Å². The molecular weight excluding hydrogens is 272 g/mol. The molecule has 0 N–H and O–H groups in total. The fourth-order valence-corrected chi connectivity index (χ4v) is 4.17. The number of benzene rings is 2. The van der Waals surface area contributed by atoms with E-state index >= 15 is 0 Å². The van der Waals surface area contributed by atoms with Crippen molar-refractivity contribution in [3.63, 3.8) is 0 Å². The lowest BCUT2D eigenvalue weighted by molar-refractivity contribution is 0.174. The van der Waals surface area contributed by atoms with E-state index in [1.807, 2.05) is 0 Å². The maximum atomic E-state index is 5.59. The third-order valence-electron chi connectivity index (χ3n) is 5.26. The molecule has 0 saturated heterocycles. The summed E-state index contributed by atoms with van der Waals surface area (Å²) in [5.74, 6) is 2.96. The zero-order chi connectivity index (χ0) is 14.5. The van der Waals surface area contributed by atoms with Gasteiger partial charge in [-0.15, -0.1) is 0 Å². The molecule has 2 unspecified atom stereocenters. The average Bonchev–Trinajstić information content (AvgIpc) is 2.84. The Morgan fingerprint density at radius 2 is 1.64 bits per heavy atom. The van der Waals surface area contributed by atoms with Crippen LogP contribution in [0.4, 0.5) is 0 Å². The summed E-state index contributed by atoms with van der Waals surface area (Å²) in [5.41, 5.74) is 5.78. The molecule has 2 heteroatoms. The van der Waals surface area contributed by atoms with Crippen LogP contribution < -0.4 is 9.47 Å². The van der Waals surface area contributed by atoms with Crippen LogP contribution in [-0.4, -0.2) is 6.79 Å². The molecule has 2 aromatic rings. The maximum Gasteiger partial charge on any atom is 0.231 e. The van der Waals surface area contributed by atoms with Gasteiger partial charge in [-0.3, -0.25) is 0 Å². The Labute approximate surface area is 130 Å². The third kappa shape index (κ3) is 1.80. The minimum atomic E-state index is 0.360. The van der Waals surface area contributed by atoms with E-state index in [1.54, 1.807) is 0 Å². The molecule has 0 radical (unpaired) electrons. The van der Waals surface area contributed by atoms with Crippen molar-refractivity contribution in [3.05, 3.63) is 65.2 Å². The van der Waals surface area contributed by atoms with Gasteiger partial charge in [-0.2, -0.15) is 0 Å². The quantitative estimate of drug-likeness (QED) is 0.746. The first-order valence-electron chi connectivity index (χ1n) is 8.08. The van der Waals surface area contributed by atoms with E-state index in [-0.39, 0.29) is 0 Å². The number of hydrogen-bond donors (Lipinski definition) is 0. The standard InChI is InChI=1S/C20H18O2/c1-2-4-13(5-3-1)16-8-14-6-7-15(9-16)18-11-20-19(10-17(14)18)21-12-22-20/h1-5,8,10-11,14-15H,6-7,9,12H2. The number of allylic oxidation sites excluding steroid dienone is 2. The Balaban J connectivity index is 1.62. The Kier molecular flexibility index (Phi) is 2.60. The lowest BCUT2D eigenvalue weighted by Crippen LogP contribution is -2.10. The lowest BCUT2D eigenvalue weighted by atomic mass is 9.77. The maximum absolute atomic E-state index is 5.59. The minimum absolute atomic E-state index is 0.360. The van der Waals surface area contributed by atoms with Crippen molar-refractivity contribution in [2.45, 2.75) is 31.1 Å².